The van der Waals surface area contributed by atoms with Crippen molar-refractivity contribution >= 4 is 23.1 Å². The van der Waals surface area contributed by atoms with E-state index in [1.54, 1.807) is 6.07 Å². The minimum absolute atomic E-state index is 0.0652. The topological polar surface area (TPSA) is 68.3 Å². The van der Waals surface area contributed by atoms with Crippen LogP contribution in [-0.4, -0.2) is 16.9 Å². The SMILES string of the molecule is CCc1occc1C(=O)NC(C)CC(N)=S. The normalized spacial score (nSPS) is 12.1. The monoisotopic (exact) mass is 240 g/mol. The molecule has 0 aromatic carbocycles. The van der Waals surface area contributed by atoms with Crippen LogP contribution in [0.4, 0.5) is 0 Å². The van der Waals surface area contributed by atoms with Crippen molar-refractivity contribution in [3.8, 4) is 0 Å². The number of rotatable bonds is 5. The Labute approximate surface area is 100 Å². The third kappa shape index (κ3) is 3.34. The highest BCUT2D eigenvalue weighted by molar-refractivity contribution is 7.80. The van der Waals surface area contributed by atoms with Gasteiger partial charge in [-0.3, -0.25) is 4.79 Å². The van der Waals surface area contributed by atoms with Crippen LogP contribution in [0.15, 0.2) is 16.7 Å². The summed E-state index contributed by atoms with van der Waals surface area (Å²) in [4.78, 5) is 12.2. The van der Waals surface area contributed by atoms with E-state index < -0.39 is 0 Å². The number of nitrogens with two attached hydrogens (primary N) is 1. The highest BCUT2D eigenvalue weighted by Gasteiger charge is 2.15. The number of thiocarbonyl (C=S) groups is 1. The van der Waals surface area contributed by atoms with Gasteiger partial charge in [-0.2, -0.15) is 0 Å². The zero-order chi connectivity index (χ0) is 12.1. The fourth-order valence-electron chi connectivity index (χ4n) is 1.47. The van der Waals surface area contributed by atoms with E-state index in [-0.39, 0.29) is 11.9 Å². The molecule has 4 nitrogen and oxygen atoms in total. The lowest BCUT2D eigenvalue weighted by molar-refractivity contribution is 0.0939. The fraction of sp³-hybridized carbons (Fsp3) is 0.455. The summed E-state index contributed by atoms with van der Waals surface area (Å²) in [5.41, 5.74) is 5.99. The Morgan fingerprint density at radius 1 is 1.69 bits per heavy atom. The van der Waals surface area contributed by atoms with Crippen molar-refractivity contribution in [3.63, 3.8) is 0 Å². The minimum atomic E-state index is -0.144. The van der Waals surface area contributed by atoms with Gasteiger partial charge in [-0.25, -0.2) is 0 Å². The number of carbonyl (C=O) groups is 1. The molecule has 0 aliphatic rings. The molecule has 0 fully saturated rings. The Bertz CT molecular complexity index is 387. The average Bonchev–Trinajstić information content (AvgIpc) is 2.63. The number of nitrogens with one attached hydrogen (secondary N) is 1. The van der Waals surface area contributed by atoms with Crippen LogP contribution < -0.4 is 11.1 Å². The van der Waals surface area contributed by atoms with Crippen molar-refractivity contribution in [1.29, 1.82) is 0 Å². The largest absolute Gasteiger partial charge is 0.469 e. The number of aryl methyl sites for hydroxylation is 1. The first-order valence-electron chi connectivity index (χ1n) is 5.20. The first-order chi connectivity index (χ1) is 7.54. The van der Waals surface area contributed by atoms with Crippen LogP contribution in [0.5, 0.6) is 0 Å². The maximum Gasteiger partial charge on any atom is 0.255 e. The van der Waals surface area contributed by atoms with E-state index >= 15 is 0 Å². The number of hydrogen-bond acceptors (Lipinski definition) is 3. The first kappa shape index (κ1) is 12.7. The molecule has 1 unspecified atom stereocenters. The molecule has 0 aliphatic carbocycles. The smallest absolute Gasteiger partial charge is 0.255 e. The van der Waals surface area contributed by atoms with Crippen LogP contribution >= 0.6 is 12.2 Å². The Kier molecular flexibility index (Phi) is 4.49. The van der Waals surface area contributed by atoms with Gasteiger partial charge < -0.3 is 15.5 Å². The molecule has 5 heteroatoms. The van der Waals surface area contributed by atoms with E-state index in [1.165, 1.54) is 6.26 Å². The van der Waals surface area contributed by atoms with Crippen molar-refractivity contribution in [2.45, 2.75) is 32.7 Å². The van der Waals surface area contributed by atoms with Crippen molar-refractivity contribution in [1.82, 2.24) is 5.32 Å². The Hall–Kier alpha value is -1.36. The average molecular weight is 240 g/mol. The van der Waals surface area contributed by atoms with Gasteiger partial charge in [-0.05, 0) is 13.0 Å². The summed E-state index contributed by atoms with van der Waals surface area (Å²) in [5, 5.41) is 2.82. The molecule has 16 heavy (non-hydrogen) atoms. The summed E-state index contributed by atoms with van der Waals surface area (Å²) in [5.74, 6) is 0.550. The van der Waals surface area contributed by atoms with Gasteiger partial charge in [0.05, 0.1) is 16.8 Å². The van der Waals surface area contributed by atoms with Gasteiger partial charge >= 0.3 is 0 Å². The Balaban J connectivity index is 2.62. The molecule has 3 N–H and O–H groups in total. The van der Waals surface area contributed by atoms with Gasteiger partial charge in [0.15, 0.2) is 0 Å². The lowest BCUT2D eigenvalue weighted by Gasteiger charge is -2.12. The second-order valence-electron chi connectivity index (χ2n) is 3.66. The maximum atomic E-state index is 11.8. The molecule has 1 heterocycles. The van der Waals surface area contributed by atoms with Crippen LogP contribution in [0.25, 0.3) is 0 Å². The van der Waals surface area contributed by atoms with Crippen LogP contribution in [0, 0.1) is 0 Å². The molecule has 0 aliphatic heterocycles. The first-order valence-corrected chi connectivity index (χ1v) is 5.61. The lowest BCUT2D eigenvalue weighted by Crippen LogP contribution is -2.35. The number of carbonyl (C=O) groups excluding carboxylic acids is 1. The van der Waals surface area contributed by atoms with Crippen molar-refractivity contribution in [2.24, 2.45) is 5.73 Å². The predicted molar refractivity (Wildman–Crippen MR) is 66.4 cm³/mol. The molecule has 0 radical (unpaired) electrons. The molecule has 1 atom stereocenters. The van der Waals surface area contributed by atoms with Crippen molar-refractivity contribution < 1.29 is 9.21 Å². The number of amides is 1. The van der Waals surface area contributed by atoms with Gasteiger partial charge in [0.2, 0.25) is 0 Å². The number of furan rings is 1. The maximum absolute atomic E-state index is 11.8. The van der Waals surface area contributed by atoms with Crippen LogP contribution in [-0.2, 0) is 6.42 Å². The molecule has 1 amide bonds. The predicted octanol–water partition coefficient (Wildman–Crippen LogP) is 1.64. The van der Waals surface area contributed by atoms with Gasteiger partial charge in [-0.1, -0.05) is 19.1 Å². The highest BCUT2D eigenvalue weighted by Crippen LogP contribution is 2.11. The van der Waals surface area contributed by atoms with E-state index in [9.17, 15) is 4.79 Å². The van der Waals surface area contributed by atoms with E-state index in [2.05, 4.69) is 5.32 Å². The van der Waals surface area contributed by atoms with Crippen molar-refractivity contribution in [3.05, 3.63) is 23.7 Å². The summed E-state index contributed by atoms with van der Waals surface area (Å²) in [6.45, 7) is 3.80. The summed E-state index contributed by atoms with van der Waals surface area (Å²) < 4.78 is 5.19. The molecule has 1 aromatic heterocycles. The molecule has 1 rings (SSSR count). The molecule has 0 saturated heterocycles. The summed E-state index contributed by atoms with van der Waals surface area (Å²) in [6.07, 6.45) is 2.71. The lowest BCUT2D eigenvalue weighted by atomic mass is 10.1. The molecule has 1 aromatic rings. The van der Waals surface area contributed by atoms with E-state index in [0.29, 0.717) is 29.2 Å². The van der Waals surface area contributed by atoms with Crippen molar-refractivity contribution in [2.75, 3.05) is 0 Å². The molecular formula is C11H16N2O2S. The van der Waals surface area contributed by atoms with Crippen LogP contribution in [0.1, 0.15) is 36.4 Å². The summed E-state index contributed by atoms with van der Waals surface area (Å²) in [7, 11) is 0. The fourth-order valence-corrected chi connectivity index (χ4v) is 1.72. The third-order valence-electron chi connectivity index (χ3n) is 2.20. The van der Waals surface area contributed by atoms with E-state index in [0.717, 1.165) is 0 Å². The van der Waals surface area contributed by atoms with Gasteiger partial charge in [0.1, 0.15) is 5.76 Å². The quantitative estimate of drug-likeness (QED) is 0.768. The van der Waals surface area contributed by atoms with Crippen LogP contribution in [0.3, 0.4) is 0 Å². The van der Waals surface area contributed by atoms with Gasteiger partial charge in [0.25, 0.3) is 5.91 Å². The second-order valence-corrected chi connectivity index (χ2v) is 4.18. The van der Waals surface area contributed by atoms with Gasteiger partial charge in [-0.15, -0.1) is 0 Å². The van der Waals surface area contributed by atoms with E-state index in [1.807, 2.05) is 13.8 Å². The molecule has 88 valence electrons. The molecule has 0 saturated carbocycles. The zero-order valence-electron chi connectivity index (χ0n) is 9.45. The molecule has 0 spiro atoms. The van der Waals surface area contributed by atoms with Crippen LogP contribution in [0.2, 0.25) is 0 Å². The Morgan fingerprint density at radius 2 is 2.38 bits per heavy atom. The third-order valence-corrected chi connectivity index (χ3v) is 2.36. The Morgan fingerprint density at radius 3 is 2.94 bits per heavy atom. The van der Waals surface area contributed by atoms with E-state index in [4.69, 9.17) is 22.4 Å². The molecule has 0 bridgehead atoms. The summed E-state index contributed by atoms with van der Waals surface area (Å²) >= 11 is 4.78. The summed E-state index contributed by atoms with van der Waals surface area (Å²) in [6, 6.07) is 1.60. The van der Waals surface area contributed by atoms with Gasteiger partial charge in [0, 0.05) is 18.9 Å². The zero-order valence-corrected chi connectivity index (χ0v) is 10.3. The number of hydrogen-bond donors (Lipinski definition) is 2. The highest BCUT2D eigenvalue weighted by atomic mass is 32.1. The molecular weight excluding hydrogens is 224 g/mol. The standard InChI is InChI=1S/C11H16N2O2S/c1-3-9-8(4-5-15-9)11(14)13-7(2)6-10(12)16/h4-5,7H,3,6H2,1-2H3,(H2,12,16)(H,13,14). The minimum Gasteiger partial charge on any atom is -0.469 e. The second kappa shape index (κ2) is 5.65.